The van der Waals surface area contributed by atoms with E-state index in [1.54, 1.807) is 6.92 Å². The van der Waals surface area contributed by atoms with E-state index >= 15 is 0 Å². The molecule has 2 fully saturated rings. The summed E-state index contributed by atoms with van der Waals surface area (Å²) in [6.45, 7) is 13.0. The number of Topliss-reactive ketones (excluding diaryl/α,β-unsaturated/α-hetero) is 1. The molecule has 194 valence electrons. The fourth-order valence-electron chi connectivity index (χ4n) is 4.83. The summed E-state index contributed by atoms with van der Waals surface area (Å²) in [6.07, 6.45) is -0.242. The smallest absolute Gasteiger partial charge is 0.320 e. The lowest BCUT2D eigenvalue weighted by Gasteiger charge is -2.45. The van der Waals surface area contributed by atoms with Gasteiger partial charge in [0.2, 0.25) is 0 Å². The number of ether oxygens (including phenoxy) is 3. The van der Waals surface area contributed by atoms with Crippen LogP contribution in [0.3, 0.4) is 0 Å². The van der Waals surface area contributed by atoms with Crippen LogP contribution in [0.5, 0.6) is 0 Å². The third kappa shape index (κ3) is 5.86. The SMILES string of the molecule is CCOC(=O)C1([C@@H]2CC(=O)O[C@@H](CO[Si](C)(C)C(C)(C)C)[C@H]2OCc2ccccc2)CCCC1=O. The molecular weight excluding hydrogens is 464 g/mol. The number of carbonyl (C=O) groups is 3. The van der Waals surface area contributed by atoms with Crippen molar-refractivity contribution < 1.29 is 33.0 Å². The third-order valence-electron chi connectivity index (χ3n) is 7.88. The second-order valence-corrected chi connectivity index (χ2v) is 15.9. The summed E-state index contributed by atoms with van der Waals surface area (Å²) < 4.78 is 24.0. The van der Waals surface area contributed by atoms with Gasteiger partial charge in [-0.05, 0) is 43.5 Å². The van der Waals surface area contributed by atoms with Crippen molar-refractivity contribution in [2.45, 2.75) is 90.3 Å². The maximum Gasteiger partial charge on any atom is 0.320 e. The van der Waals surface area contributed by atoms with Crippen LogP contribution in [0.2, 0.25) is 18.1 Å². The number of hydrogen-bond acceptors (Lipinski definition) is 7. The standard InChI is InChI=1S/C27H40O7Si/c1-7-31-25(30)27(15-11-14-22(27)28)20-16-23(29)34-21(18-33-35(5,6)26(2,3)4)24(20)32-17-19-12-9-8-10-13-19/h8-10,12-13,20-21,24H,7,11,14-18H2,1-6H3/t20-,21+,24+,27?/m1/s1. The molecule has 3 rings (SSSR count). The predicted octanol–water partition coefficient (Wildman–Crippen LogP) is 4.83. The molecule has 0 radical (unpaired) electrons. The van der Waals surface area contributed by atoms with Crippen molar-refractivity contribution in [2.24, 2.45) is 11.3 Å². The van der Waals surface area contributed by atoms with E-state index in [2.05, 4.69) is 33.9 Å². The molecule has 4 atom stereocenters. The van der Waals surface area contributed by atoms with E-state index in [-0.39, 0.29) is 37.1 Å². The Bertz CT molecular complexity index is 908. The summed E-state index contributed by atoms with van der Waals surface area (Å²) in [7, 11) is -2.15. The fourth-order valence-corrected chi connectivity index (χ4v) is 5.84. The predicted molar refractivity (Wildman–Crippen MR) is 134 cm³/mol. The van der Waals surface area contributed by atoms with E-state index in [0.717, 1.165) is 5.56 Å². The highest BCUT2D eigenvalue weighted by Gasteiger charge is 2.61. The maximum absolute atomic E-state index is 13.3. The lowest BCUT2D eigenvalue weighted by Crippen LogP contribution is -2.58. The van der Waals surface area contributed by atoms with Crippen LogP contribution in [0.1, 0.15) is 58.9 Å². The largest absolute Gasteiger partial charge is 0.465 e. The Labute approximate surface area is 210 Å². The molecule has 1 heterocycles. The monoisotopic (exact) mass is 504 g/mol. The molecule has 0 aromatic heterocycles. The maximum atomic E-state index is 13.3. The van der Waals surface area contributed by atoms with Gasteiger partial charge in [-0.2, -0.15) is 0 Å². The fraction of sp³-hybridized carbons (Fsp3) is 0.667. The van der Waals surface area contributed by atoms with E-state index < -0.39 is 43.8 Å². The summed E-state index contributed by atoms with van der Waals surface area (Å²) >= 11 is 0. The number of hydrogen-bond donors (Lipinski definition) is 0. The summed E-state index contributed by atoms with van der Waals surface area (Å²) in [6, 6.07) is 9.68. The molecule has 1 unspecified atom stereocenters. The number of cyclic esters (lactones) is 1. The highest BCUT2D eigenvalue weighted by atomic mass is 28.4. The Hall–Kier alpha value is -2.03. The second-order valence-electron chi connectivity index (χ2n) is 11.1. The Morgan fingerprint density at radius 1 is 1.17 bits per heavy atom. The Morgan fingerprint density at radius 3 is 2.43 bits per heavy atom. The first-order valence-electron chi connectivity index (χ1n) is 12.6. The normalized spacial score (nSPS) is 27.5. The number of ketones is 1. The van der Waals surface area contributed by atoms with E-state index in [1.807, 2.05) is 30.3 Å². The number of carbonyl (C=O) groups excluding carboxylic acids is 3. The van der Waals surface area contributed by atoms with E-state index in [0.29, 0.717) is 19.3 Å². The average molecular weight is 505 g/mol. The van der Waals surface area contributed by atoms with Crippen LogP contribution in [-0.2, 0) is 39.6 Å². The zero-order chi connectivity index (χ0) is 25.9. The quantitative estimate of drug-likeness (QED) is 0.270. The third-order valence-corrected chi connectivity index (χ3v) is 12.4. The Balaban J connectivity index is 1.96. The first-order chi connectivity index (χ1) is 16.4. The Morgan fingerprint density at radius 2 is 1.86 bits per heavy atom. The minimum Gasteiger partial charge on any atom is -0.465 e. The van der Waals surface area contributed by atoms with Gasteiger partial charge in [0.15, 0.2) is 20.2 Å². The van der Waals surface area contributed by atoms with Crippen LogP contribution in [0.15, 0.2) is 30.3 Å². The summed E-state index contributed by atoms with van der Waals surface area (Å²) in [4.78, 5) is 39.4. The van der Waals surface area contributed by atoms with E-state index in [1.165, 1.54) is 0 Å². The van der Waals surface area contributed by atoms with Crippen molar-refractivity contribution in [1.82, 2.24) is 0 Å². The van der Waals surface area contributed by atoms with Crippen LogP contribution in [-0.4, -0.2) is 51.5 Å². The lowest BCUT2D eigenvalue weighted by molar-refractivity contribution is -0.199. The van der Waals surface area contributed by atoms with Crippen LogP contribution in [0.4, 0.5) is 0 Å². The van der Waals surface area contributed by atoms with Gasteiger partial charge in [-0.1, -0.05) is 51.1 Å². The highest BCUT2D eigenvalue weighted by molar-refractivity contribution is 6.74. The molecule has 1 aromatic carbocycles. The molecule has 35 heavy (non-hydrogen) atoms. The first kappa shape index (κ1) is 27.6. The molecule has 0 bridgehead atoms. The molecule has 1 aromatic rings. The van der Waals surface area contributed by atoms with Gasteiger partial charge < -0.3 is 18.6 Å². The van der Waals surface area contributed by atoms with Crippen molar-refractivity contribution in [2.75, 3.05) is 13.2 Å². The summed E-state index contributed by atoms with van der Waals surface area (Å²) in [5.74, 6) is -1.84. The molecule has 0 N–H and O–H groups in total. The molecular formula is C27H40O7Si. The molecule has 1 saturated heterocycles. The van der Waals surface area contributed by atoms with Crippen LogP contribution in [0.25, 0.3) is 0 Å². The molecule has 8 heteroatoms. The topological polar surface area (TPSA) is 88.1 Å². The van der Waals surface area contributed by atoms with E-state index in [4.69, 9.17) is 18.6 Å². The van der Waals surface area contributed by atoms with Gasteiger partial charge in [0.25, 0.3) is 0 Å². The van der Waals surface area contributed by atoms with Gasteiger partial charge >= 0.3 is 11.9 Å². The van der Waals surface area contributed by atoms with Crippen molar-refractivity contribution in [3.63, 3.8) is 0 Å². The minimum atomic E-state index is -2.15. The van der Waals surface area contributed by atoms with Gasteiger partial charge in [-0.3, -0.25) is 14.4 Å². The highest BCUT2D eigenvalue weighted by Crippen LogP contribution is 2.49. The zero-order valence-electron chi connectivity index (χ0n) is 21.9. The first-order valence-corrected chi connectivity index (χ1v) is 15.5. The summed E-state index contributed by atoms with van der Waals surface area (Å²) in [5, 5.41) is -0.0287. The van der Waals surface area contributed by atoms with Crippen molar-refractivity contribution in [3.8, 4) is 0 Å². The number of benzene rings is 1. The molecule has 0 spiro atoms. The number of rotatable bonds is 9. The van der Waals surface area contributed by atoms with Crippen LogP contribution >= 0.6 is 0 Å². The lowest BCUT2D eigenvalue weighted by atomic mass is 9.67. The minimum absolute atomic E-state index is 0.0287. The van der Waals surface area contributed by atoms with Crippen molar-refractivity contribution in [3.05, 3.63) is 35.9 Å². The van der Waals surface area contributed by atoms with Crippen molar-refractivity contribution in [1.29, 1.82) is 0 Å². The summed E-state index contributed by atoms with van der Waals surface area (Å²) in [5.41, 5.74) is -0.443. The van der Waals surface area contributed by atoms with Gasteiger partial charge in [0, 0.05) is 12.3 Å². The van der Waals surface area contributed by atoms with Gasteiger partial charge in [-0.15, -0.1) is 0 Å². The molecule has 1 aliphatic heterocycles. The molecule has 2 aliphatic rings. The van der Waals surface area contributed by atoms with Gasteiger partial charge in [0.1, 0.15) is 11.5 Å². The van der Waals surface area contributed by atoms with E-state index in [9.17, 15) is 14.4 Å². The second kappa shape index (κ2) is 10.9. The van der Waals surface area contributed by atoms with Crippen LogP contribution < -0.4 is 0 Å². The molecule has 0 amide bonds. The molecule has 1 saturated carbocycles. The molecule has 1 aliphatic carbocycles. The van der Waals surface area contributed by atoms with Gasteiger partial charge in [-0.25, -0.2) is 0 Å². The number of esters is 2. The zero-order valence-corrected chi connectivity index (χ0v) is 22.9. The molecule has 7 nitrogen and oxygen atoms in total. The average Bonchev–Trinajstić information content (AvgIpc) is 3.18. The van der Waals surface area contributed by atoms with Crippen molar-refractivity contribution >= 4 is 26.0 Å². The Kier molecular flexibility index (Phi) is 8.60. The van der Waals surface area contributed by atoms with Crippen LogP contribution in [0, 0.1) is 11.3 Å². The van der Waals surface area contributed by atoms with Gasteiger partial charge in [0.05, 0.1) is 26.2 Å².